The minimum atomic E-state index is -0.0124. The molecule has 4 heterocycles. The molecule has 150 valence electrons. The number of thiophene rings is 1. The first-order chi connectivity index (χ1) is 14.5. The number of nitrogens with zero attached hydrogens (tertiary/aromatic N) is 3. The number of benzene rings is 1. The molecule has 4 nitrogen and oxygen atoms in total. The molecular weight excluding hydrogens is 390 g/mol. The summed E-state index contributed by atoms with van der Waals surface area (Å²) in [6.07, 6.45) is 5.41. The van der Waals surface area contributed by atoms with Crippen LogP contribution in [0.3, 0.4) is 0 Å². The Morgan fingerprint density at radius 1 is 1.23 bits per heavy atom. The quantitative estimate of drug-likeness (QED) is 0.429. The second kappa shape index (κ2) is 7.26. The lowest BCUT2D eigenvalue weighted by Gasteiger charge is -2.33. The van der Waals surface area contributed by atoms with Crippen LogP contribution in [-0.2, 0) is 18.4 Å². The van der Waals surface area contributed by atoms with Crippen LogP contribution in [0.1, 0.15) is 26.8 Å². The summed E-state index contributed by atoms with van der Waals surface area (Å²) >= 11 is 1.78. The van der Waals surface area contributed by atoms with Crippen molar-refractivity contribution in [2.75, 3.05) is 6.54 Å². The van der Waals surface area contributed by atoms with E-state index in [9.17, 15) is 4.79 Å². The van der Waals surface area contributed by atoms with Gasteiger partial charge in [-0.25, -0.2) is 4.98 Å². The third-order valence-electron chi connectivity index (χ3n) is 5.92. The van der Waals surface area contributed by atoms with Crippen molar-refractivity contribution >= 4 is 28.3 Å². The normalized spacial score (nSPS) is 15.9. The van der Waals surface area contributed by atoms with Gasteiger partial charge in [0.15, 0.2) is 0 Å². The summed E-state index contributed by atoms with van der Waals surface area (Å²) in [7, 11) is 2.01. The highest BCUT2D eigenvalue weighted by Gasteiger charge is 2.31. The van der Waals surface area contributed by atoms with Crippen LogP contribution in [0.5, 0.6) is 0 Å². The second-order valence-corrected chi connectivity index (χ2v) is 9.20. The molecule has 0 saturated carbocycles. The molecule has 30 heavy (non-hydrogen) atoms. The zero-order valence-electron chi connectivity index (χ0n) is 17.1. The lowest BCUT2D eigenvalue weighted by molar-refractivity contribution is -0.127. The molecule has 5 heteroatoms. The van der Waals surface area contributed by atoms with Crippen LogP contribution in [0, 0.1) is 6.92 Å². The Morgan fingerprint density at radius 2 is 2.07 bits per heavy atom. The van der Waals surface area contributed by atoms with Gasteiger partial charge in [-0.05, 0) is 47.9 Å². The molecule has 1 aromatic carbocycles. The van der Waals surface area contributed by atoms with Crippen molar-refractivity contribution in [3.63, 3.8) is 0 Å². The van der Waals surface area contributed by atoms with Gasteiger partial charge in [0.1, 0.15) is 5.65 Å². The van der Waals surface area contributed by atoms with Crippen LogP contribution in [-0.4, -0.2) is 26.9 Å². The summed E-state index contributed by atoms with van der Waals surface area (Å²) in [6.45, 7) is 7.15. The third kappa shape index (κ3) is 3.06. The predicted molar refractivity (Wildman–Crippen MR) is 123 cm³/mol. The fourth-order valence-electron chi connectivity index (χ4n) is 4.49. The standard InChI is InChI=1S/C25H23N3OS/c1-4-24(29)28-14-22(21-11-16(2)30-23(21)15-28)20-8-6-5-7-19(20)18-12-17-9-10-27(3)25(17)26-13-18/h4-13,22H,1,14-15H2,2-3H3/t22-/m0/s1. The summed E-state index contributed by atoms with van der Waals surface area (Å²) in [5, 5.41) is 1.13. The minimum Gasteiger partial charge on any atom is -0.336 e. The van der Waals surface area contributed by atoms with Gasteiger partial charge >= 0.3 is 0 Å². The maximum atomic E-state index is 12.5. The number of hydrogen-bond acceptors (Lipinski definition) is 3. The van der Waals surface area contributed by atoms with Gasteiger partial charge in [-0.15, -0.1) is 11.3 Å². The molecule has 0 N–H and O–H groups in total. The molecule has 4 aromatic rings. The van der Waals surface area contributed by atoms with Crippen LogP contribution in [0.25, 0.3) is 22.2 Å². The van der Waals surface area contributed by atoms with E-state index in [4.69, 9.17) is 4.98 Å². The summed E-state index contributed by atoms with van der Waals surface area (Å²) in [5.74, 6) is 0.117. The number of carbonyl (C=O) groups excluding carboxylic acids is 1. The van der Waals surface area contributed by atoms with Crippen molar-refractivity contribution in [3.05, 3.63) is 88.4 Å². The molecule has 5 rings (SSSR count). The van der Waals surface area contributed by atoms with E-state index in [1.807, 2.05) is 28.9 Å². The predicted octanol–water partition coefficient (Wildman–Crippen LogP) is 5.27. The highest BCUT2D eigenvalue weighted by molar-refractivity contribution is 7.12. The Morgan fingerprint density at radius 3 is 2.90 bits per heavy atom. The van der Waals surface area contributed by atoms with E-state index in [1.54, 1.807) is 11.3 Å². The van der Waals surface area contributed by atoms with Crippen LogP contribution >= 0.6 is 11.3 Å². The number of hydrogen-bond donors (Lipinski definition) is 0. The zero-order valence-corrected chi connectivity index (χ0v) is 17.9. The summed E-state index contributed by atoms with van der Waals surface area (Å²) < 4.78 is 2.03. The number of pyridine rings is 1. The van der Waals surface area contributed by atoms with Gasteiger partial charge in [-0.1, -0.05) is 30.8 Å². The van der Waals surface area contributed by atoms with Gasteiger partial charge in [0.05, 0.1) is 6.54 Å². The van der Waals surface area contributed by atoms with Crippen LogP contribution in [0.15, 0.2) is 67.5 Å². The molecule has 1 aliphatic rings. The lowest BCUT2D eigenvalue weighted by atomic mass is 9.84. The fourth-order valence-corrected chi connectivity index (χ4v) is 5.60. The first-order valence-electron chi connectivity index (χ1n) is 10.1. The number of amides is 1. The molecule has 0 bridgehead atoms. The summed E-state index contributed by atoms with van der Waals surface area (Å²) in [5.41, 5.74) is 5.82. The highest BCUT2D eigenvalue weighted by Crippen LogP contribution is 2.41. The van der Waals surface area contributed by atoms with E-state index in [0.29, 0.717) is 13.1 Å². The Hall–Kier alpha value is -3.18. The number of fused-ring (bicyclic) bond motifs is 2. The monoisotopic (exact) mass is 413 g/mol. The van der Waals surface area contributed by atoms with E-state index in [-0.39, 0.29) is 11.8 Å². The van der Waals surface area contributed by atoms with E-state index in [0.717, 1.165) is 16.6 Å². The zero-order chi connectivity index (χ0) is 20.8. The summed E-state index contributed by atoms with van der Waals surface area (Å²) in [6, 6.07) is 15.1. The third-order valence-corrected chi connectivity index (χ3v) is 6.97. The average molecular weight is 414 g/mol. The second-order valence-electron chi connectivity index (χ2n) is 7.86. The van der Waals surface area contributed by atoms with Gasteiger partial charge < -0.3 is 9.47 Å². The molecule has 3 aromatic heterocycles. The molecule has 0 aliphatic carbocycles. The van der Waals surface area contributed by atoms with E-state index in [2.05, 4.69) is 56.0 Å². The van der Waals surface area contributed by atoms with Crippen molar-refractivity contribution in [2.24, 2.45) is 7.05 Å². The van der Waals surface area contributed by atoms with Crippen molar-refractivity contribution < 1.29 is 4.79 Å². The Kier molecular flexibility index (Phi) is 4.55. The maximum Gasteiger partial charge on any atom is 0.246 e. The molecular formula is C25H23N3OS. The summed E-state index contributed by atoms with van der Waals surface area (Å²) in [4.78, 5) is 21.6. The molecule has 1 amide bonds. The van der Waals surface area contributed by atoms with E-state index >= 15 is 0 Å². The molecule has 0 spiro atoms. The van der Waals surface area contributed by atoms with Gasteiger partial charge in [-0.3, -0.25) is 4.79 Å². The molecule has 1 aliphatic heterocycles. The maximum absolute atomic E-state index is 12.5. The Balaban J connectivity index is 1.65. The van der Waals surface area contributed by atoms with Crippen molar-refractivity contribution in [1.82, 2.24) is 14.5 Å². The van der Waals surface area contributed by atoms with Gasteiger partial charge in [-0.2, -0.15) is 0 Å². The molecule has 0 radical (unpaired) electrons. The molecule has 0 fully saturated rings. The minimum absolute atomic E-state index is 0.0124. The van der Waals surface area contributed by atoms with Gasteiger partial charge in [0.25, 0.3) is 0 Å². The Bertz CT molecular complexity index is 1280. The number of carbonyl (C=O) groups is 1. The number of aromatic nitrogens is 2. The van der Waals surface area contributed by atoms with Gasteiger partial charge in [0, 0.05) is 52.6 Å². The lowest BCUT2D eigenvalue weighted by Crippen LogP contribution is -2.37. The highest BCUT2D eigenvalue weighted by atomic mass is 32.1. The van der Waals surface area contributed by atoms with E-state index in [1.165, 1.54) is 32.5 Å². The topological polar surface area (TPSA) is 38.1 Å². The average Bonchev–Trinajstić information content (AvgIpc) is 3.33. The first kappa shape index (κ1) is 18.8. The largest absolute Gasteiger partial charge is 0.336 e. The molecule has 0 unspecified atom stereocenters. The van der Waals surface area contributed by atoms with E-state index < -0.39 is 0 Å². The van der Waals surface area contributed by atoms with Gasteiger partial charge in [0.2, 0.25) is 5.91 Å². The van der Waals surface area contributed by atoms with Crippen LogP contribution in [0.4, 0.5) is 0 Å². The molecule has 0 saturated heterocycles. The van der Waals surface area contributed by atoms with Crippen LogP contribution in [0.2, 0.25) is 0 Å². The molecule has 1 atom stereocenters. The van der Waals surface area contributed by atoms with Crippen molar-refractivity contribution in [3.8, 4) is 11.1 Å². The van der Waals surface area contributed by atoms with Crippen molar-refractivity contribution in [2.45, 2.75) is 19.4 Å². The van der Waals surface area contributed by atoms with Crippen molar-refractivity contribution in [1.29, 1.82) is 0 Å². The first-order valence-corrected chi connectivity index (χ1v) is 10.9. The SMILES string of the molecule is C=CC(=O)N1Cc2sc(C)cc2[C@H](c2ccccc2-c2cnc3c(ccn3C)c2)C1. The Labute approximate surface area is 180 Å². The smallest absolute Gasteiger partial charge is 0.246 e. The fraction of sp³-hybridized carbons (Fsp3) is 0.200. The number of rotatable bonds is 3. The number of aryl methyl sites for hydroxylation is 2. The van der Waals surface area contributed by atoms with Crippen LogP contribution < -0.4 is 0 Å².